The average molecular weight is 407 g/mol. The van der Waals surface area contributed by atoms with E-state index >= 15 is 0 Å². The van der Waals surface area contributed by atoms with Gasteiger partial charge in [-0.15, -0.1) is 0 Å². The molecule has 2 saturated heterocycles. The number of amides is 2. The largest absolute Gasteiger partial charge is 0.440 e. The van der Waals surface area contributed by atoms with E-state index in [1.807, 2.05) is 24.3 Å². The first-order valence-electron chi connectivity index (χ1n) is 10.3. The molecule has 154 valence electrons. The van der Waals surface area contributed by atoms with Crippen molar-refractivity contribution >= 4 is 22.9 Å². The van der Waals surface area contributed by atoms with Crippen LogP contribution in [0.5, 0.6) is 0 Å². The normalized spacial score (nSPS) is 21.1. The molecule has 0 aliphatic carbocycles. The summed E-state index contributed by atoms with van der Waals surface area (Å²) in [7, 11) is 0. The lowest BCUT2D eigenvalue weighted by Gasteiger charge is -2.33. The van der Waals surface area contributed by atoms with Crippen LogP contribution in [-0.4, -0.2) is 45.7 Å². The van der Waals surface area contributed by atoms with Crippen LogP contribution in [0.25, 0.3) is 11.1 Å². The van der Waals surface area contributed by atoms with Gasteiger partial charge in [0.15, 0.2) is 11.5 Å². The molecule has 30 heavy (non-hydrogen) atoms. The van der Waals surface area contributed by atoms with Gasteiger partial charge in [0.2, 0.25) is 11.8 Å². The van der Waals surface area contributed by atoms with Crippen LogP contribution in [-0.2, 0) is 16.1 Å². The number of halogens is 1. The SMILES string of the molecule is O=C1C[C@@H](N2CCC(c3nc4ccccc4o3)CC2)C(=O)N1Cc1ccc(F)cc1. The van der Waals surface area contributed by atoms with Gasteiger partial charge >= 0.3 is 0 Å². The number of para-hydroxylation sites is 2. The van der Waals surface area contributed by atoms with Crippen molar-refractivity contribution in [2.24, 2.45) is 0 Å². The number of rotatable bonds is 4. The van der Waals surface area contributed by atoms with Crippen molar-refractivity contribution in [1.82, 2.24) is 14.8 Å². The molecule has 5 rings (SSSR count). The number of carbonyl (C=O) groups is 2. The molecule has 0 saturated carbocycles. The van der Waals surface area contributed by atoms with E-state index in [0.717, 1.165) is 48.5 Å². The zero-order valence-electron chi connectivity index (χ0n) is 16.5. The number of hydrogen-bond donors (Lipinski definition) is 0. The molecule has 3 aromatic rings. The molecule has 7 heteroatoms. The maximum atomic E-state index is 13.1. The van der Waals surface area contributed by atoms with Gasteiger partial charge in [-0.2, -0.15) is 0 Å². The van der Waals surface area contributed by atoms with Crippen LogP contribution in [0.15, 0.2) is 52.9 Å². The summed E-state index contributed by atoms with van der Waals surface area (Å²) >= 11 is 0. The van der Waals surface area contributed by atoms with Crippen LogP contribution in [0.1, 0.15) is 36.6 Å². The minimum atomic E-state index is -0.414. The lowest BCUT2D eigenvalue weighted by atomic mass is 9.95. The highest BCUT2D eigenvalue weighted by atomic mass is 19.1. The Morgan fingerprint density at radius 3 is 2.50 bits per heavy atom. The Hall–Kier alpha value is -3.06. The van der Waals surface area contributed by atoms with Crippen LogP contribution in [0.2, 0.25) is 0 Å². The van der Waals surface area contributed by atoms with Crippen LogP contribution >= 0.6 is 0 Å². The predicted octanol–water partition coefficient (Wildman–Crippen LogP) is 3.47. The van der Waals surface area contributed by atoms with E-state index in [-0.39, 0.29) is 36.5 Å². The maximum Gasteiger partial charge on any atom is 0.247 e. The number of benzene rings is 2. The quantitative estimate of drug-likeness (QED) is 0.620. The molecule has 0 spiro atoms. The van der Waals surface area contributed by atoms with Crippen molar-refractivity contribution in [1.29, 1.82) is 0 Å². The van der Waals surface area contributed by atoms with Crippen molar-refractivity contribution in [3.63, 3.8) is 0 Å². The fourth-order valence-corrected chi connectivity index (χ4v) is 4.41. The second kappa shape index (κ2) is 7.65. The van der Waals surface area contributed by atoms with Gasteiger partial charge < -0.3 is 4.42 Å². The predicted molar refractivity (Wildman–Crippen MR) is 108 cm³/mol. The Bertz CT molecular complexity index is 1050. The first-order valence-corrected chi connectivity index (χ1v) is 10.3. The molecule has 3 heterocycles. The molecule has 2 fully saturated rings. The van der Waals surface area contributed by atoms with Crippen LogP contribution in [0.4, 0.5) is 4.39 Å². The number of nitrogens with zero attached hydrogens (tertiary/aromatic N) is 3. The Kier molecular flexibility index (Phi) is 4.83. The molecule has 0 N–H and O–H groups in total. The van der Waals surface area contributed by atoms with Gasteiger partial charge in [0.1, 0.15) is 11.3 Å². The monoisotopic (exact) mass is 407 g/mol. The second-order valence-corrected chi connectivity index (χ2v) is 7.99. The summed E-state index contributed by atoms with van der Waals surface area (Å²) in [6, 6.07) is 13.2. The van der Waals surface area contributed by atoms with Crippen molar-refractivity contribution in [2.45, 2.75) is 37.8 Å². The van der Waals surface area contributed by atoms with E-state index in [2.05, 4.69) is 9.88 Å². The molecule has 1 aromatic heterocycles. The molecular formula is C23H22FN3O3. The van der Waals surface area contributed by atoms with E-state index in [4.69, 9.17) is 4.42 Å². The smallest absolute Gasteiger partial charge is 0.247 e. The third-order valence-corrected chi connectivity index (χ3v) is 6.10. The molecule has 6 nitrogen and oxygen atoms in total. The van der Waals surface area contributed by atoms with E-state index < -0.39 is 6.04 Å². The van der Waals surface area contributed by atoms with Crippen LogP contribution < -0.4 is 0 Å². The molecule has 2 aromatic carbocycles. The van der Waals surface area contributed by atoms with E-state index in [1.54, 1.807) is 12.1 Å². The maximum absolute atomic E-state index is 13.1. The van der Waals surface area contributed by atoms with Gasteiger partial charge in [-0.25, -0.2) is 9.37 Å². The first kappa shape index (κ1) is 18.9. The number of oxazole rings is 1. The highest BCUT2D eigenvalue weighted by Crippen LogP contribution is 2.32. The van der Waals surface area contributed by atoms with Gasteiger partial charge in [0, 0.05) is 5.92 Å². The van der Waals surface area contributed by atoms with Crippen molar-refractivity contribution < 1.29 is 18.4 Å². The topological polar surface area (TPSA) is 66.7 Å². The fourth-order valence-electron chi connectivity index (χ4n) is 4.41. The van der Waals surface area contributed by atoms with Crippen molar-refractivity contribution in [3.8, 4) is 0 Å². The van der Waals surface area contributed by atoms with Gasteiger partial charge in [-0.05, 0) is 55.8 Å². The van der Waals surface area contributed by atoms with Crippen LogP contribution in [0, 0.1) is 5.82 Å². The third kappa shape index (κ3) is 3.50. The molecular weight excluding hydrogens is 385 g/mol. The highest BCUT2D eigenvalue weighted by Gasteiger charge is 2.43. The average Bonchev–Trinajstić information content (AvgIpc) is 3.32. The summed E-state index contributed by atoms with van der Waals surface area (Å²) in [6.45, 7) is 1.63. The number of likely N-dealkylation sites (tertiary alicyclic amines) is 2. The second-order valence-electron chi connectivity index (χ2n) is 7.99. The number of fused-ring (bicyclic) bond motifs is 1. The van der Waals surface area contributed by atoms with E-state index in [1.165, 1.54) is 17.0 Å². The molecule has 0 unspecified atom stereocenters. The van der Waals surface area contributed by atoms with Gasteiger partial charge in [-0.1, -0.05) is 24.3 Å². The minimum absolute atomic E-state index is 0.162. The molecule has 1 atom stereocenters. The zero-order chi connectivity index (χ0) is 20.7. The number of aromatic nitrogens is 1. The Labute approximate surface area is 173 Å². The fraction of sp³-hybridized carbons (Fsp3) is 0.348. The van der Waals surface area contributed by atoms with Crippen molar-refractivity contribution in [2.75, 3.05) is 13.1 Å². The minimum Gasteiger partial charge on any atom is -0.440 e. The molecule has 0 radical (unpaired) electrons. The van der Waals surface area contributed by atoms with Gasteiger partial charge in [-0.3, -0.25) is 19.4 Å². The van der Waals surface area contributed by atoms with Crippen molar-refractivity contribution in [3.05, 3.63) is 65.8 Å². The third-order valence-electron chi connectivity index (χ3n) is 6.10. The summed E-state index contributed by atoms with van der Waals surface area (Å²) in [5, 5.41) is 0. The highest BCUT2D eigenvalue weighted by molar-refractivity contribution is 6.05. The molecule has 0 bridgehead atoms. The summed E-state index contributed by atoms with van der Waals surface area (Å²) in [4.78, 5) is 33.4. The lowest BCUT2D eigenvalue weighted by molar-refractivity contribution is -0.140. The Balaban J connectivity index is 1.23. The standard InChI is InChI=1S/C23H22FN3O3/c24-17-7-5-15(6-8-17)14-27-21(28)13-19(23(27)29)26-11-9-16(10-12-26)22-25-18-3-1-2-4-20(18)30-22/h1-8,16,19H,9-14H2/t19-/m1/s1. The molecule has 2 amide bonds. The van der Waals surface area contributed by atoms with E-state index in [0.29, 0.717) is 0 Å². The Morgan fingerprint density at radius 2 is 1.77 bits per heavy atom. The molecule has 2 aliphatic rings. The summed E-state index contributed by atoms with van der Waals surface area (Å²) in [5.74, 6) is 0.302. The number of imide groups is 1. The van der Waals surface area contributed by atoms with Gasteiger partial charge in [0.25, 0.3) is 0 Å². The lowest BCUT2D eigenvalue weighted by Crippen LogP contribution is -2.45. The molecule has 2 aliphatic heterocycles. The number of carbonyl (C=O) groups excluding carboxylic acids is 2. The summed E-state index contributed by atoms with van der Waals surface area (Å²) in [5.41, 5.74) is 2.40. The summed E-state index contributed by atoms with van der Waals surface area (Å²) in [6.07, 6.45) is 1.87. The van der Waals surface area contributed by atoms with Gasteiger partial charge in [0.05, 0.1) is 19.0 Å². The number of piperidine rings is 1. The number of hydrogen-bond acceptors (Lipinski definition) is 5. The first-order chi connectivity index (χ1) is 14.6. The Morgan fingerprint density at radius 1 is 1.03 bits per heavy atom. The summed E-state index contributed by atoms with van der Waals surface area (Å²) < 4.78 is 19.0. The van der Waals surface area contributed by atoms with E-state index in [9.17, 15) is 14.0 Å². The van der Waals surface area contributed by atoms with Crippen LogP contribution in [0.3, 0.4) is 0 Å². The zero-order valence-corrected chi connectivity index (χ0v) is 16.5.